The van der Waals surface area contributed by atoms with Crippen molar-refractivity contribution in [2.75, 3.05) is 38.3 Å². The molecule has 0 saturated carbocycles. The molecule has 240 valence electrons. The van der Waals surface area contributed by atoms with Crippen LogP contribution in [0.2, 0.25) is 0 Å². The van der Waals surface area contributed by atoms with Crippen LogP contribution in [0.1, 0.15) is 49.9 Å². The zero-order valence-corrected chi connectivity index (χ0v) is 25.3. The van der Waals surface area contributed by atoms with E-state index >= 15 is 0 Å². The van der Waals surface area contributed by atoms with Crippen molar-refractivity contribution in [3.8, 4) is 0 Å². The molecule has 0 atom stereocenters. The van der Waals surface area contributed by atoms with Gasteiger partial charge in [0, 0.05) is 41.1 Å². The molecule has 3 aliphatic rings. The summed E-state index contributed by atoms with van der Waals surface area (Å²) in [7, 11) is 1.37. The highest BCUT2D eigenvalue weighted by Crippen LogP contribution is 2.51. The van der Waals surface area contributed by atoms with Gasteiger partial charge >= 0.3 is 12.4 Å². The van der Waals surface area contributed by atoms with Gasteiger partial charge in [-0.25, -0.2) is 0 Å². The predicted molar refractivity (Wildman–Crippen MR) is 155 cm³/mol. The number of fused-ring (bicyclic) bond motifs is 2. The molecule has 2 aliphatic heterocycles. The molecule has 12 heteroatoms. The maximum atomic E-state index is 13.7. The summed E-state index contributed by atoms with van der Waals surface area (Å²) in [6, 6.07) is 6.82. The quantitative estimate of drug-likeness (QED) is 0.216. The van der Waals surface area contributed by atoms with Crippen LogP contribution >= 0.6 is 0 Å². The van der Waals surface area contributed by atoms with E-state index in [1.54, 1.807) is 49.3 Å². The third kappa shape index (κ3) is 5.17. The standard InChI is InChI=1S/C33H33F6N2O4/c1-30(2)22-14-18(32(34,35)36)6-8-24(22)40(10-12-42)26(30)16-20-28(44)21(29(20)45-5)17-27-31(3,4)23-15-19(33(37,38)39)7-9-25(23)41(27)11-13-43/h6-9,14-17,42-43H,10-13H2,1-5H3/q+1. The van der Waals surface area contributed by atoms with Crippen LogP contribution in [-0.2, 0) is 32.7 Å². The molecule has 0 radical (unpaired) electrons. The number of nitrogens with zero attached hydrogens (tertiary/aromatic N) is 2. The Kier molecular flexibility index (Phi) is 7.85. The van der Waals surface area contributed by atoms with Gasteiger partial charge in [0.1, 0.15) is 12.4 Å². The Morgan fingerprint density at radius 2 is 1.47 bits per heavy atom. The minimum absolute atomic E-state index is 0.0700. The van der Waals surface area contributed by atoms with Crippen LogP contribution in [-0.4, -0.2) is 59.7 Å². The van der Waals surface area contributed by atoms with Crippen molar-refractivity contribution in [3.05, 3.63) is 93.4 Å². The number of hydrogen-bond donors (Lipinski definition) is 2. The highest BCUT2D eigenvalue weighted by Gasteiger charge is 2.49. The molecule has 2 aromatic carbocycles. The van der Waals surface area contributed by atoms with E-state index < -0.39 is 40.1 Å². The van der Waals surface area contributed by atoms with Crippen LogP contribution in [0.4, 0.5) is 37.7 Å². The fourth-order valence-corrected chi connectivity index (χ4v) is 6.49. The van der Waals surface area contributed by atoms with E-state index in [1.807, 2.05) is 0 Å². The first kappa shape index (κ1) is 32.5. The van der Waals surface area contributed by atoms with Gasteiger partial charge in [-0.2, -0.15) is 30.9 Å². The molecule has 2 heterocycles. The van der Waals surface area contributed by atoms with Crippen molar-refractivity contribution in [3.63, 3.8) is 0 Å². The number of ketones is 1. The molecule has 0 aromatic heterocycles. The highest BCUT2D eigenvalue weighted by molar-refractivity contribution is 6.24. The number of β-amino-alcohol motifs (C(OH)–C–C–N with tert-alkyl or cyclic N) is 2. The third-order valence-corrected chi connectivity index (χ3v) is 8.83. The summed E-state index contributed by atoms with van der Waals surface area (Å²) in [6.07, 6.45) is -6.00. The molecule has 2 aromatic rings. The van der Waals surface area contributed by atoms with Crippen molar-refractivity contribution in [2.45, 2.75) is 50.9 Å². The third-order valence-electron chi connectivity index (χ3n) is 8.83. The second kappa shape index (κ2) is 10.9. The number of methoxy groups -OCH3 is 1. The van der Waals surface area contributed by atoms with Gasteiger partial charge in [-0.15, -0.1) is 0 Å². The van der Waals surface area contributed by atoms with E-state index in [0.717, 1.165) is 24.3 Å². The average Bonchev–Trinajstić information content (AvgIpc) is 3.29. The van der Waals surface area contributed by atoms with Crippen LogP contribution in [0, 0.1) is 0 Å². The summed E-state index contributed by atoms with van der Waals surface area (Å²) in [4.78, 5) is 15.4. The molecule has 0 fully saturated rings. The highest BCUT2D eigenvalue weighted by atomic mass is 19.4. The van der Waals surface area contributed by atoms with Gasteiger partial charge in [0.05, 0.1) is 41.4 Å². The topological polar surface area (TPSA) is 73.0 Å². The van der Waals surface area contributed by atoms with E-state index in [0.29, 0.717) is 33.9 Å². The smallest absolute Gasteiger partial charge is 0.416 e. The second-order valence-electron chi connectivity index (χ2n) is 12.2. The van der Waals surface area contributed by atoms with Crippen LogP contribution in [0.5, 0.6) is 0 Å². The average molecular weight is 636 g/mol. The summed E-state index contributed by atoms with van der Waals surface area (Å²) < 4.78 is 88.6. The normalized spacial score (nSPS) is 20.7. The van der Waals surface area contributed by atoms with Gasteiger partial charge in [0.25, 0.3) is 0 Å². The van der Waals surface area contributed by atoms with Crippen LogP contribution in [0.15, 0.2) is 71.2 Å². The Balaban J connectivity index is 1.61. The summed E-state index contributed by atoms with van der Waals surface area (Å²) in [5.41, 5.74) is -0.524. The van der Waals surface area contributed by atoms with E-state index in [-0.39, 0.29) is 43.2 Å². The lowest BCUT2D eigenvalue weighted by Crippen LogP contribution is -2.33. The van der Waals surface area contributed by atoms with E-state index in [4.69, 9.17) is 4.74 Å². The molecule has 45 heavy (non-hydrogen) atoms. The Bertz CT molecular complexity index is 1710. The number of anilines is 1. The summed E-state index contributed by atoms with van der Waals surface area (Å²) >= 11 is 0. The molecule has 2 N–H and O–H groups in total. The van der Waals surface area contributed by atoms with Gasteiger partial charge < -0.3 is 19.8 Å². The number of hydrogen-bond acceptors (Lipinski definition) is 5. The number of aliphatic hydroxyl groups excluding tert-OH is 2. The zero-order chi connectivity index (χ0) is 33.3. The molecule has 0 bridgehead atoms. The lowest BCUT2D eigenvalue weighted by atomic mass is 9.77. The Morgan fingerprint density at radius 1 is 0.867 bits per heavy atom. The summed E-state index contributed by atoms with van der Waals surface area (Å²) in [5, 5.41) is 19.6. The molecule has 6 nitrogen and oxygen atoms in total. The number of allylic oxidation sites excluding steroid dienone is 5. The number of ether oxygens (including phenoxy) is 1. The number of carbonyl (C=O) groups excluding carboxylic acids is 1. The first-order valence-corrected chi connectivity index (χ1v) is 14.2. The predicted octanol–water partition coefficient (Wildman–Crippen LogP) is 6.18. The Labute approximate surface area is 256 Å². The maximum Gasteiger partial charge on any atom is 0.416 e. The maximum absolute atomic E-state index is 13.7. The van der Waals surface area contributed by atoms with E-state index in [2.05, 4.69) is 0 Å². The number of aliphatic hydroxyl groups is 2. The van der Waals surface area contributed by atoms with Gasteiger partial charge in [-0.1, -0.05) is 13.8 Å². The number of halogens is 6. The van der Waals surface area contributed by atoms with Gasteiger partial charge in [0.2, 0.25) is 11.5 Å². The SMILES string of the molecule is COC1=C(C=C2N(CCO)c3ccc(C(F)(F)F)cc3C2(C)C)C(=O)C1=CC1=[N+](CCO)c2ccc(C(F)(F)F)cc2C1(C)C. The minimum atomic E-state index is -4.56. The molecule has 0 saturated heterocycles. The minimum Gasteiger partial charge on any atom is -0.495 e. The fourth-order valence-electron chi connectivity index (χ4n) is 6.49. The second-order valence-corrected chi connectivity index (χ2v) is 12.2. The van der Waals surface area contributed by atoms with Crippen LogP contribution < -0.4 is 4.90 Å². The fraction of sp³-hybridized carbons (Fsp3) is 0.394. The van der Waals surface area contributed by atoms with Crippen LogP contribution in [0.25, 0.3) is 0 Å². The Hall–Kier alpha value is -3.90. The van der Waals surface area contributed by atoms with Gasteiger partial charge in [-0.3, -0.25) is 4.79 Å². The van der Waals surface area contributed by atoms with Gasteiger partial charge in [-0.05, 0) is 55.8 Å². The molecule has 5 rings (SSSR count). The lowest BCUT2D eigenvalue weighted by Gasteiger charge is -2.29. The molecular weight excluding hydrogens is 602 g/mol. The largest absolute Gasteiger partial charge is 0.495 e. The first-order chi connectivity index (χ1) is 20.9. The number of rotatable bonds is 7. The van der Waals surface area contributed by atoms with Crippen molar-refractivity contribution in [1.29, 1.82) is 0 Å². The summed E-state index contributed by atoms with van der Waals surface area (Å²) in [5.74, 6) is -0.219. The number of benzene rings is 2. The summed E-state index contributed by atoms with van der Waals surface area (Å²) in [6.45, 7) is 6.48. The van der Waals surface area contributed by atoms with E-state index in [9.17, 15) is 41.4 Å². The lowest BCUT2D eigenvalue weighted by molar-refractivity contribution is -0.441. The zero-order valence-electron chi connectivity index (χ0n) is 25.3. The number of Topliss-reactive ketones (excluding diaryl/α,β-unsaturated/α-hetero) is 1. The monoisotopic (exact) mass is 635 g/mol. The Morgan fingerprint density at radius 3 is 2.02 bits per heavy atom. The molecule has 1 aliphatic carbocycles. The van der Waals surface area contributed by atoms with E-state index in [1.165, 1.54) is 19.2 Å². The molecular formula is C33H33F6N2O4+. The molecule has 0 spiro atoms. The van der Waals surface area contributed by atoms with Crippen molar-refractivity contribution >= 4 is 22.9 Å². The number of carbonyl (C=O) groups is 1. The van der Waals surface area contributed by atoms with Crippen molar-refractivity contribution in [2.24, 2.45) is 0 Å². The van der Waals surface area contributed by atoms with Gasteiger partial charge in [0.15, 0.2) is 12.3 Å². The molecule has 0 unspecified atom stereocenters. The van der Waals surface area contributed by atoms with Crippen LogP contribution in [0.3, 0.4) is 0 Å². The first-order valence-electron chi connectivity index (χ1n) is 14.2. The van der Waals surface area contributed by atoms with Crippen molar-refractivity contribution < 1.29 is 50.7 Å². The molecule has 0 amide bonds. The van der Waals surface area contributed by atoms with Crippen molar-refractivity contribution in [1.82, 2.24) is 0 Å². The number of alkyl halides is 6.